The number of halogens is 2. The van der Waals surface area contributed by atoms with Gasteiger partial charge in [0.2, 0.25) is 0 Å². The summed E-state index contributed by atoms with van der Waals surface area (Å²) in [5, 5.41) is 4.49. The van der Waals surface area contributed by atoms with Crippen LogP contribution in [0.3, 0.4) is 0 Å². The molecule has 3 N–H and O–H groups in total. The maximum atomic E-state index is 5.84. The van der Waals surface area contributed by atoms with Crippen LogP contribution >= 0.6 is 35.4 Å². The Balaban J connectivity index is 2.51. The number of hydrazine groups is 1. The van der Waals surface area contributed by atoms with Crippen molar-refractivity contribution < 1.29 is 0 Å². The lowest BCUT2D eigenvalue weighted by Crippen LogP contribution is -2.38. The second kappa shape index (κ2) is 6.00. The summed E-state index contributed by atoms with van der Waals surface area (Å²) in [4.78, 5) is 0. The molecule has 1 aromatic carbocycles. The number of nitrogens with one attached hydrogen (secondary N) is 3. The summed E-state index contributed by atoms with van der Waals surface area (Å²) in [5.74, 6) is 0. The Morgan fingerprint density at radius 2 is 2.07 bits per heavy atom. The van der Waals surface area contributed by atoms with Gasteiger partial charge < -0.3 is 5.32 Å². The van der Waals surface area contributed by atoms with E-state index in [1.54, 1.807) is 18.2 Å². The number of hydrogen-bond donors (Lipinski definition) is 3. The monoisotopic (exact) mass is 263 g/mol. The number of rotatable bonds is 3. The van der Waals surface area contributed by atoms with E-state index in [9.17, 15) is 0 Å². The van der Waals surface area contributed by atoms with E-state index in [-0.39, 0.29) is 0 Å². The number of anilines is 1. The van der Waals surface area contributed by atoms with Gasteiger partial charge in [-0.1, -0.05) is 23.2 Å². The fourth-order valence-electron chi connectivity index (χ4n) is 0.908. The first kappa shape index (κ1) is 12.4. The molecule has 0 unspecified atom stereocenters. The zero-order valence-corrected chi connectivity index (χ0v) is 10.4. The van der Waals surface area contributed by atoms with Crippen molar-refractivity contribution >= 4 is 46.2 Å². The molecule has 1 aromatic rings. The highest BCUT2D eigenvalue weighted by atomic mass is 35.5. The van der Waals surface area contributed by atoms with Crippen LogP contribution in [0.5, 0.6) is 0 Å². The van der Waals surface area contributed by atoms with Gasteiger partial charge in [-0.15, -0.1) is 0 Å². The second-order valence-corrected chi connectivity index (χ2v) is 3.96. The Labute approximate surface area is 104 Å². The third kappa shape index (κ3) is 4.11. The molecule has 0 aliphatic heterocycles. The van der Waals surface area contributed by atoms with Crippen LogP contribution in [0.15, 0.2) is 18.2 Å². The predicted octanol–water partition coefficient (Wildman–Crippen LogP) is 2.80. The van der Waals surface area contributed by atoms with E-state index < -0.39 is 0 Å². The molecular weight excluding hydrogens is 253 g/mol. The summed E-state index contributed by atoms with van der Waals surface area (Å²) in [7, 11) is 0. The van der Waals surface area contributed by atoms with Crippen molar-refractivity contribution in [2.75, 3.05) is 12.0 Å². The zero-order chi connectivity index (χ0) is 11.3. The van der Waals surface area contributed by atoms with Crippen LogP contribution in [0.25, 0.3) is 0 Å². The van der Waals surface area contributed by atoms with Gasteiger partial charge in [-0.05, 0) is 37.3 Å². The maximum Gasteiger partial charge on any atom is 0.185 e. The molecule has 0 fully saturated rings. The molecule has 0 bridgehead atoms. The standard InChI is InChI=1S/C9H11Cl2N3S/c1-2-12-9(15)14-13-6-3-4-7(10)8(11)5-6/h3-5,13H,2H2,1H3,(H2,12,14,15). The lowest BCUT2D eigenvalue weighted by atomic mass is 10.3. The highest BCUT2D eigenvalue weighted by Crippen LogP contribution is 2.24. The van der Waals surface area contributed by atoms with E-state index in [1.807, 2.05) is 6.92 Å². The van der Waals surface area contributed by atoms with Gasteiger partial charge in [0.15, 0.2) is 5.11 Å². The van der Waals surface area contributed by atoms with E-state index in [2.05, 4.69) is 16.2 Å². The topological polar surface area (TPSA) is 36.1 Å². The molecule has 82 valence electrons. The minimum absolute atomic E-state index is 0.498. The first-order valence-electron chi connectivity index (χ1n) is 4.38. The van der Waals surface area contributed by atoms with Crippen LogP contribution in [0.2, 0.25) is 10.0 Å². The molecule has 15 heavy (non-hydrogen) atoms. The third-order valence-electron chi connectivity index (χ3n) is 1.58. The Hall–Kier alpha value is -0.710. The van der Waals surface area contributed by atoms with Crippen LogP contribution in [0.4, 0.5) is 5.69 Å². The van der Waals surface area contributed by atoms with Crippen LogP contribution < -0.4 is 16.2 Å². The van der Waals surface area contributed by atoms with E-state index in [4.69, 9.17) is 35.4 Å². The second-order valence-electron chi connectivity index (χ2n) is 2.74. The molecule has 0 radical (unpaired) electrons. The third-order valence-corrected chi connectivity index (χ3v) is 2.56. The molecule has 0 aliphatic rings. The Morgan fingerprint density at radius 3 is 2.67 bits per heavy atom. The highest BCUT2D eigenvalue weighted by molar-refractivity contribution is 7.80. The van der Waals surface area contributed by atoms with Crippen molar-refractivity contribution in [1.29, 1.82) is 0 Å². The normalized spacial score (nSPS) is 9.53. The summed E-state index contributed by atoms with van der Waals surface area (Å²) in [5.41, 5.74) is 6.51. The minimum atomic E-state index is 0.498. The van der Waals surface area contributed by atoms with Gasteiger partial charge in [-0.2, -0.15) is 0 Å². The molecule has 0 saturated heterocycles. The minimum Gasteiger partial charge on any atom is -0.362 e. The van der Waals surface area contributed by atoms with Crippen molar-refractivity contribution in [2.45, 2.75) is 6.92 Å². The van der Waals surface area contributed by atoms with Crippen LogP contribution in [0, 0.1) is 0 Å². The average molecular weight is 264 g/mol. The van der Waals surface area contributed by atoms with Crippen molar-refractivity contribution in [1.82, 2.24) is 10.7 Å². The summed E-state index contributed by atoms with van der Waals surface area (Å²) >= 11 is 16.6. The van der Waals surface area contributed by atoms with Crippen molar-refractivity contribution in [2.24, 2.45) is 0 Å². The van der Waals surface area contributed by atoms with Crippen molar-refractivity contribution in [3.63, 3.8) is 0 Å². The molecule has 1 rings (SSSR count). The first-order chi connectivity index (χ1) is 7.13. The first-order valence-corrected chi connectivity index (χ1v) is 5.54. The molecule has 0 aliphatic carbocycles. The summed E-state index contributed by atoms with van der Waals surface area (Å²) in [6.07, 6.45) is 0. The smallest absolute Gasteiger partial charge is 0.185 e. The fraction of sp³-hybridized carbons (Fsp3) is 0.222. The van der Waals surface area contributed by atoms with Gasteiger partial charge in [0, 0.05) is 6.54 Å². The van der Waals surface area contributed by atoms with E-state index in [1.165, 1.54) is 0 Å². The Kier molecular flexibility index (Phi) is 4.94. The van der Waals surface area contributed by atoms with Gasteiger partial charge in [0.1, 0.15) is 0 Å². The largest absolute Gasteiger partial charge is 0.362 e. The van der Waals surface area contributed by atoms with E-state index in [0.717, 1.165) is 12.2 Å². The molecule has 0 amide bonds. The van der Waals surface area contributed by atoms with Gasteiger partial charge in [0.05, 0.1) is 15.7 Å². The van der Waals surface area contributed by atoms with Gasteiger partial charge >= 0.3 is 0 Å². The number of thiocarbonyl (C=S) groups is 1. The van der Waals surface area contributed by atoms with Crippen LogP contribution in [0.1, 0.15) is 6.92 Å². The number of hydrogen-bond acceptors (Lipinski definition) is 2. The summed E-state index contributed by atoms with van der Waals surface area (Å²) in [6.45, 7) is 2.74. The predicted molar refractivity (Wildman–Crippen MR) is 69.5 cm³/mol. The average Bonchev–Trinajstić information content (AvgIpc) is 2.20. The lowest BCUT2D eigenvalue weighted by molar-refractivity contribution is 0.928. The molecule has 0 saturated carbocycles. The number of benzene rings is 1. The molecule has 0 heterocycles. The SMILES string of the molecule is CCNC(=S)NNc1ccc(Cl)c(Cl)c1. The molecule has 0 aromatic heterocycles. The van der Waals surface area contributed by atoms with Gasteiger partial charge in [-0.3, -0.25) is 10.9 Å². The van der Waals surface area contributed by atoms with E-state index >= 15 is 0 Å². The molecule has 3 nitrogen and oxygen atoms in total. The molecular formula is C9H11Cl2N3S. The lowest BCUT2D eigenvalue weighted by Gasteiger charge is -2.11. The Bertz CT molecular complexity index is 357. The van der Waals surface area contributed by atoms with Gasteiger partial charge in [0.25, 0.3) is 0 Å². The maximum absolute atomic E-state index is 5.84. The fourth-order valence-corrected chi connectivity index (χ4v) is 1.40. The Morgan fingerprint density at radius 1 is 1.33 bits per heavy atom. The van der Waals surface area contributed by atoms with Gasteiger partial charge in [-0.25, -0.2) is 0 Å². The summed E-state index contributed by atoms with van der Waals surface area (Å²) < 4.78 is 0. The van der Waals surface area contributed by atoms with Crippen LogP contribution in [-0.4, -0.2) is 11.7 Å². The molecule has 0 atom stereocenters. The van der Waals surface area contributed by atoms with Crippen molar-refractivity contribution in [3.8, 4) is 0 Å². The van der Waals surface area contributed by atoms with Crippen LogP contribution in [-0.2, 0) is 0 Å². The zero-order valence-electron chi connectivity index (χ0n) is 8.10. The van der Waals surface area contributed by atoms with E-state index in [0.29, 0.717) is 15.2 Å². The molecule has 0 spiro atoms. The quantitative estimate of drug-likeness (QED) is 0.579. The van der Waals surface area contributed by atoms with Crippen molar-refractivity contribution in [3.05, 3.63) is 28.2 Å². The highest BCUT2D eigenvalue weighted by Gasteiger charge is 1.99. The molecule has 6 heteroatoms. The summed E-state index contributed by atoms with van der Waals surface area (Å²) in [6, 6.07) is 5.23.